The van der Waals surface area contributed by atoms with E-state index < -0.39 is 6.61 Å². The summed E-state index contributed by atoms with van der Waals surface area (Å²) in [7, 11) is 3.58. The number of hydrogen-bond acceptors (Lipinski definition) is 3. The number of nitrogens with one attached hydrogen (secondary N) is 2. The van der Waals surface area contributed by atoms with E-state index in [0.29, 0.717) is 37.9 Å². The molecule has 1 fully saturated rings. The van der Waals surface area contributed by atoms with Crippen molar-refractivity contribution in [3.8, 4) is 5.75 Å². The molecule has 9 heteroatoms. The average Bonchev–Trinajstić information content (AvgIpc) is 3.15. The number of alkyl halides is 2. The van der Waals surface area contributed by atoms with Crippen LogP contribution in [0.15, 0.2) is 29.3 Å². The summed E-state index contributed by atoms with van der Waals surface area (Å²) in [4.78, 5) is 18.1. The van der Waals surface area contributed by atoms with Crippen molar-refractivity contribution in [3.63, 3.8) is 0 Å². The van der Waals surface area contributed by atoms with Crippen LogP contribution in [-0.4, -0.2) is 50.6 Å². The van der Waals surface area contributed by atoms with Gasteiger partial charge in [0.25, 0.3) is 0 Å². The number of hydrogen-bond donors (Lipinski definition) is 2. The molecule has 1 saturated carbocycles. The van der Waals surface area contributed by atoms with Gasteiger partial charge in [-0.15, -0.1) is 24.0 Å². The number of rotatable bonds is 9. The lowest BCUT2D eigenvalue weighted by Crippen LogP contribution is -2.42. The maximum atomic E-state index is 12.2. The minimum absolute atomic E-state index is 0. The van der Waals surface area contributed by atoms with Crippen molar-refractivity contribution in [2.45, 2.75) is 45.3 Å². The highest BCUT2D eigenvalue weighted by Crippen LogP contribution is 2.27. The fourth-order valence-corrected chi connectivity index (χ4v) is 3.43. The summed E-state index contributed by atoms with van der Waals surface area (Å²) in [6.45, 7) is -1.15. The Labute approximate surface area is 188 Å². The summed E-state index contributed by atoms with van der Waals surface area (Å²) in [6.07, 6.45) is 5.44. The number of carbonyl (C=O) groups excluding carboxylic acids is 1. The van der Waals surface area contributed by atoms with Crippen LogP contribution in [0.4, 0.5) is 8.78 Å². The molecule has 0 heterocycles. The maximum absolute atomic E-state index is 12.2. The summed E-state index contributed by atoms with van der Waals surface area (Å²) >= 11 is 0. The molecule has 6 nitrogen and oxygen atoms in total. The largest absolute Gasteiger partial charge is 0.435 e. The highest BCUT2D eigenvalue weighted by Gasteiger charge is 2.18. The zero-order chi connectivity index (χ0) is 20.4. The van der Waals surface area contributed by atoms with Crippen LogP contribution in [0.5, 0.6) is 5.75 Å². The molecular weight excluding hydrogens is 493 g/mol. The van der Waals surface area contributed by atoms with Crippen LogP contribution in [0.1, 0.15) is 37.7 Å². The Morgan fingerprint density at radius 1 is 1.21 bits per heavy atom. The molecule has 1 aromatic rings. The summed E-state index contributed by atoms with van der Waals surface area (Å²) in [6, 6.07) is 6.52. The maximum Gasteiger partial charge on any atom is 0.387 e. The topological polar surface area (TPSA) is 66.0 Å². The molecule has 0 atom stereocenters. The number of amides is 1. The standard InChI is InChI=1S/C20H30F2N4O2.HI/c1-23-20(25-12-11-24-18(27)13-15-5-3-4-6-15)26(2)14-16-7-9-17(10-8-16)28-19(21)22;/h7-10,15,19H,3-6,11-14H2,1-2H3,(H,23,25)(H,24,27);1H. The van der Waals surface area contributed by atoms with Gasteiger partial charge in [-0.25, -0.2) is 0 Å². The lowest BCUT2D eigenvalue weighted by molar-refractivity contribution is -0.121. The Morgan fingerprint density at radius 3 is 2.41 bits per heavy atom. The number of ether oxygens (including phenoxy) is 1. The molecule has 0 radical (unpaired) electrons. The second kappa shape index (κ2) is 13.6. The first-order valence-electron chi connectivity index (χ1n) is 9.70. The lowest BCUT2D eigenvalue weighted by Gasteiger charge is -2.22. The molecule has 1 aliphatic rings. The molecule has 164 valence electrons. The first-order chi connectivity index (χ1) is 13.5. The van der Waals surface area contributed by atoms with Crippen molar-refractivity contribution in [1.29, 1.82) is 0 Å². The third-order valence-electron chi connectivity index (χ3n) is 4.82. The molecular formula is C20H31F2IN4O2. The Bertz CT molecular complexity index is 638. The van der Waals surface area contributed by atoms with Crippen molar-refractivity contribution in [1.82, 2.24) is 15.5 Å². The molecule has 1 amide bonds. The van der Waals surface area contributed by atoms with Gasteiger partial charge in [-0.1, -0.05) is 25.0 Å². The second-order valence-corrected chi connectivity index (χ2v) is 7.06. The van der Waals surface area contributed by atoms with Crippen molar-refractivity contribution in [2.24, 2.45) is 10.9 Å². The van der Waals surface area contributed by atoms with Crippen molar-refractivity contribution >= 4 is 35.8 Å². The summed E-state index contributed by atoms with van der Waals surface area (Å²) in [5.41, 5.74) is 0.942. The van der Waals surface area contributed by atoms with Crippen LogP contribution in [-0.2, 0) is 11.3 Å². The van der Waals surface area contributed by atoms with Crippen LogP contribution in [0.25, 0.3) is 0 Å². The Hall–Kier alpha value is -1.65. The molecule has 2 rings (SSSR count). The van der Waals surface area contributed by atoms with E-state index in [9.17, 15) is 13.6 Å². The van der Waals surface area contributed by atoms with E-state index in [1.165, 1.54) is 37.8 Å². The van der Waals surface area contributed by atoms with Gasteiger partial charge in [-0.05, 0) is 36.5 Å². The number of benzene rings is 1. The summed E-state index contributed by atoms with van der Waals surface area (Å²) < 4.78 is 28.8. The predicted octanol–water partition coefficient (Wildman–Crippen LogP) is 3.61. The third-order valence-corrected chi connectivity index (χ3v) is 4.82. The molecule has 2 N–H and O–H groups in total. The summed E-state index contributed by atoms with van der Waals surface area (Å²) in [5.74, 6) is 1.49. The molecule has 0 aliphatic heterocycles. The lowest BCUT2D eigenvalue weighted by atomic mass is 10.0. The first kappa shape index (κ1) is 25.4. The van der Waals surface area contributed by atoms with E-state index in [2.05, 4.69) is 20.4 Å². The smallest absolute Gasteiger partial charge is 0.387 e. The van der Waals surface area contributed by atoms with Gasteiger partial charge in [-0.3, -0.25) is 9.79 Å². The van der Waals surface area contributed by atoms with E-state index in [-0.39, 0.29) is 35.6 Å². The van der Waals surface area contributed by atoms with Gasteiger partial charge in [-0.2, -0.15) is 8.78 Å². The van der Waals surface area contributed by atoms with E-state index in [4.69, 9.17) is 0 Å². The minimum Gasteiger partial charge on any atom is -0.435 e. The molecule has 0 spiro atoms. The van der Waals surface area contributed by atoms with Gasteiger partial charge in [0.2, 0.25) is 5.91 Å². The van der Waals surface area contributed by atoms with E-state index >= 15 is 0 Å². The van der Waals surface area contributed by atoms with Crippen molar-refractivity contribution in [2.75, 3.05) is 27.2 Å². The molecule has 0 unspecified atom stereocenters. The zero-order valence-corrected chi connectivity index (χ0v) is 19.3. The van der Waals surface area contributed by atoms with E-state index in [1.807, 2.05) is 11.9 Å². The number of guanidine groups is 1. The van der Waals surface area contributed by atoms with E-state index in [1.54, 1.807) is 19.2 Å². The van der Waals surface area contributed by atoms with Crippen LogP contribution in [0, 0.1) is 5.92 Å². The van der Waals surface area contributed by atoms with Gasteiger partial charge < -0.3 is 20.3 Å². The molecule has 29 heavy (non-hydrogen) atoms. The number of aliphatic imine (C=N–C) groups is 1. The normalized spacial score (nSPS) is 14.4. The average molecular weight is 524 g/mol. The Balaban J connectivity index is 0.00000420. The first-order valence-corrected chi connectivity index (χ1v) is 9.70. The highest BCUT2D eigenvalue weighted by atomic mass is 127. The SMILES string of the molecule is CN=C(NCCNC(=O)CC1CCCC1)N(C)Cc1ccc(OC(F)F)cc1.I. The van der Waals surface area contributed by atoms with Gasteiger partial charge in [0.05, 0.1) is 0 Å². The molecule has 1 aliphatic carbocycles. The van der Waals surface area contributed by atoms with Crippen LogP contribution >= 0.6 is 24.0 Å². The third kappa shape index (κ3) is 9.60. The molecule has 0 saturated heterocycles. The minimum atomic E-state index is -2.82. The van der Waals surface area contributed by atoms with Gasteiger partial charge in [0, 0.05) is 40.2 Å². The fourth-order valence-electron chi connectivity index (χ4n) is 3.43. The van der Waals surface area contributed by atoms with Crippen molar-refractivity contribution in [3.05, 3.63) is 29.8 Å². The second-order valence-electron chi connectivity index (χ2n) is 7.06. The monoisotopic (exact) mass is 524 g/mol. The number of carbonyl (C=O) groups is 1. The van der Waals surface area contributed by atoms with Gasteiger partial charge >= 0.3 is 6.61 Å². The van der Waals surface area contributed by atoms with Gasteiger partial charge in [0.1, 0.15) is 5.75 Å². The number of nitrogens with zero attached hydrogens (tertiary/aromatic N) is 2. The van der Waals surface area contributed by atoms with Crippen LogP contribution < -0.4 is 15.4 Å². The van der Waals surface area contributed by atoms with Crippen molar-refractivity contribution < 1.29 is 18.3 Å². The van der Waals surface area contributed by atoms with Crippen LogP contribution in [0.2, 0.25) is 0 Å². The highest BCUT2D eigenvalue weighted by molar-refractivity contribution is 14.0. The summed E-state index contributed by atoms with van der Waals surface area (Å²) in [5, 5.41) is 6.16. The predicted molar refractivity (Wildman–Crippen MR) is 121 cm³/mol. The molecule has 0 aromatic heterocycles. The number of halogens is 3. The quantitative estimate of drug-likeness (QED) is 0.224. The van der Waals surface area contributed by atoms with E-state index in [0.717, 1.165) is 5.56 Å². The van der Waals surface area contributed by atoms with Gasteiger partial charge in [0.15, 0.2) is 5.96 Å². The fraction of sp³-hybridized carbons (Fsp3) is 0.600. The Kier molecular flexibility index (Phi) is 11.9. The molecule has 0 bridgehead atoms. The Morgan fingerprint density at radius 2 is 1.83 bits per heavy atom. The zero-order valence-electron chi connectivity index (χ0n) is 17.0. The van der Waals surface area contributed by atoms with Crippen LogP contribution in [0.3, 0.4) is 0 Å². The molecule has 1 aromatic carbocycles.